The van der Waals surface area contributed by atoms with Gasteiger partial charge in [-0.3, -0.25) is 0 Å². The summed E-state index contributed by atoms with van der Waals surface area (Å²) < 4.78 is 12.4. The van der Waals surface area contributed by atoms with E-state index in [2.05, 4.69) is 39.8 Å². The summed E-state index contributed by atoms with van der Waals surface area (Å²) in [4.78, 5) is 0. The zero-order chi connectivity index (χ0) is 13.2. The van der Waals surface area contributed by atoms with Crippen LogP contribution in [-0.2, 0) is 9.47 Å². The molecule has 2 heteroatoms. The van der Waals surface area contributed by atoms with Crippen LogP contribution in [0.1, 0.15) is 53.4 Å². The summed E-state index contributed by atoms with van der Waals surface area (Å²) in [5, 5.41) is 0. The van der Waals surface area contributed by atoms with Crippen molar-refractivity contribution in [3.63, 3.8) is 0 Å². The Kier molecular flexibility index (Phi) is 2.40. The summed E-state index contributed by atoms with van der Waals surface area (Å²) in [7, 11) is 1.81. The zero-order valence-electron chi connectivity index (χ0n) is 12.4. The molecule has 2 fully saturated rings. The van der Waals surface area contributed by atoms with Gasteiger partial charge in [0.1, 0.15) is 0 Å². The molecule has 1 aliphatic heterocycles. The number of hydrogen-bond acceptors (Lipinski definition) is 2. The average molecular weight is 250 g/mol. The second kappa shape index (κ2) is 3.40. The third-order valence-corrected chi connectivity index (χ3v) is 6.45. The molecule has 0 N–H and O–H groups in total. The largest absolute Gasteiger partial charge is 0.376 e. The van der Waals surface area contributed by atoms with Gasteiger partial charge in [0.25, 0.3) is 0 Å². The third-order valence-electron chi connectivity index (χ3n) is 6.45. The molecular formula is C16H26O2. The van der Waals surface area contributed by atoms with E-state index in [1.165, 1.54) is 12.8 Å². The lowest BCUT2D eigenvalue weighted by atomic mass is 9.61. The van der Waals surface area contributed by atoms with Crippen molar-refractivity contribution in [2.45, 2.75) is 70.2 Å². The molecular weight excluding hydrogens is 224 g/mol. The van der Waals surface area contributed by atoms with Gasteiger partial charge in [0.15, 0.2) is 0 Å². The summed E-state index contributed by atoms with van der Waals surface area (Å²) in [6, 6.07) is 0. The molecule has 2 aliphatic carbocycles. The first-order chi connectivity index (χ1) is 8.31. The van der Waals surface area contributed by atoms with E-state index in [1.54, 1.807) is 0 Å². The van der Waals surface area contributed by atoms with Crippen molar-refractivity contribution in [3.05, 3.63) is 12.2 Å². The van der Waals surface area contributed by atoms with Crippen LogP contribution >= 0.6 is 0 Å². The van der Waals surface area contributed by atoms with Crippen molar-refractivity contribution >= 4 is 0 Å². The Hall–Kier alpha value is -0.340. The quantitative estimate of drug-likeness (QED) is 0.696. The Bertz CT molecular complexity index is 400. The van der Waals surface area contributed by atoms with E-state index >= 15 is 0 Å². The summed E-state index contributed by atoms with van der Waals surface area (Å²) in [6.45, 7) is 9.04. The van der Waals surface area contributed by atoms with E-state index < -0.39 is 0 Å². The van der Waals surface area contributed by atoms with E-state index in [9.17, 15) is 0 Å². The van der Waals surface area contributed by atoms with Crippen LogP contribution in [0.2, 0.25) is 0 Å². The van der Waals surface area contributed by atoms with Gasteiger partial charge >= 0.3 is 0 Å². The highest BCUT2D eigenvalue weighted by atomic mass is 16.6. The maximum absolute atomic E-state index is 6.64. The lowest BCUT2D eigenvalue weighted by Gasteiger charge is -2.50. The first-order valence-electron chi connectivity index (χ1n) is 7.24. The Labute approximate surface area is 111 Å². The molecule has 0 radical (unpaired) electrons. The molecule has 3 aliphatic rings. The highest BCUT2D eigenvalue weighted by Crippen LogP contribution is 2.69. The van der Waals surface area contributed by atoms with E-state index in [4.69, 9.17) is 9.47 Å². The first-order valence-corrected chi connectivity index (χ1v) is 7.24. The van der Waals surface area contributed by atoms with Crippen LogP contribution < -0.4 is 0 Å². The Morgan fingerprint density at radius 3 is 2.67 bits per heavy atom. The van der Waals surface area contributed by atoms with Crippen LogP contribution in [0, 0.1) is 11.3 Å². The van der Waals surface area contributed by atoms with Crippen LogP contribution in [0.4, 0.5) is 0 Å². The minimum absolute atomic E-state index is 0.0846. The van der Waals surface area contributed by atoms with Crippen LogP contribution in [0.15, 0.2) is 12.2 Å². The van der Waals surface area contributed by atoms with E-state index in [-0.39, 0.29) is 16.8 Å². The summed E-state index contributed by atoms with van der Waals surface area (Å²) in [6.07, 6.45) is 9.40. The first kappa shape index (κ1) is 12.7. The van der Waals surface area contributed by atoms with Gasteiger partial charge < -0.3 is 9.47 Å². The maximum Gasteiger partial charge on any atom is 0.0983 e. The zero-order valence-corrected chi connectivity index (χ0v) is 12.4. The van der Waals surface area contributed by atoms with E-state index in [1.807, 2.05) is 7.11 Å². The Morgan fingerprint density at radius 2 is 2.06 bits per heavy atom. The van der Waals surface area contributed by atoms with Crippen molar-refractivity contribution in [2.75, 3.05) is 7.11 Å². The van der Waals surface area contributed by atoms with Crippen molar-refractivity contribution < 1.29 is 9.47 Å². The van der Waals surface area contributed by atoms with Gasteiger partial charge in [-0.05, 0) is 52.4 Å². The normalized spacial score (nSPS) is 50.6. The molecule has 1 saturated carbocycles. The maximum atomic E-state index is 6.64. The highest BCUT2D eigenvalue weighted by Gasteiger charge is 2.72. The number of rotatable bonds is 2. The predicted octanol–water partition coefficient (Wildman–Crippen LogP) is 3.71. The van der Waals surface area contributed by atoms with Gasteiger partial charge in [-0.2, -0.15) is 0 Å². The molecule has 3 rings (SSSR count). The minimum atomic E-state index is -0.204. The molecule has 102 valence electrons. The summed E-state index contributed by atoms with van der Waals surface area (Å²) >= 11 is 0. The Morgan fingerprint density at radius 1 is 1.33 bits per heavy atom. The minimum Gasteiger partial charge on any atom is -0.376 e. The number of fused-ring (bicyclic) bond motifs is 1. The molecule has 0 aromatic carbocycles. The molecule has 18 heavy (non-hydrogen) atoms. The molecule has 2 bridgehead atoms. The smallest absolute Gasteiger partial charge is 0.0983 e. The molecule has 0 aromatic heterocycles. The van der Waals surface area contributed by atoms with Crippen LogP contribution in [0.3, 0.4) is 0 Å². The molecule has 2 unspecified atom stereocenters. The SMILES string of the molecule is COC(C)(C)C12CCC3(C1)[C@@H](C)CC=C[C@@]3(C)O2. The van der Waals surface area contributed by atoms with Crippen molar-refractivity contribution in [3.8, 4) is 0 Å². The van der Waals surface area contributed by atoms with Crippen molar-refractivity contribution in [2.24, 2.45) is 11.3 Å². The van der Waals surface area contributed by atoms with Gasteiger partial charge in [0.05, 0.1) is 16.8 Å². The fourth-order valence-electron chi connectivity index (χ4n) is 4.78. The van der Waals surface area contributed by atoms with Gasteiger partial charge in [-0.15, -0.1) is 0 Å². The van der Waals surface area contributed by atoms with Crippen molar-refractivity contribution in [1.29, 1.82) is 0 Å². The molecule has 1 heterocycles. The van der Waals surface area contributed by atoms with E-state index in [0.29, 0.717) is 11.3 Å². The average Bonchev–Trinajstić information content (AvgIpc) is 2.82. The Balaban J connectivity index is 2.06. The molecule has 4 atom stereocenters. The van der Waals surface area contributed by atoms with Crippen molar-refractivity contribution in [1.82, 2.24) is 0 Å². The van der Waals surface area contributed by atoms with Crippen LogP contribution in [-0.4, -0.2) is 23.9 Å². The number of ether oxygens (including phenoxy) is 2. The molecule has 2 nitrogen and oxygen atoms in total. The number of hydrogen-bond donors (Lipinski definition) is 0. The number of methoxy groups -OCH3 is 1. The number of allylic oxidation sites excluding steroid dienone is 1. The third kappa shape index (κ3) is 1.21. The molecule has 0 aromatic rings. The fourth-order valence-corrected chi connectivity index (χ4v) is 4.78. The fraction of sp³-hybridized carbons (Fsp3) is 0.875. The predicted molar refractivity (Wildman–Crippen MR) is 72.5 cm³/mol. The van der Waals surface area contributed by atoms with Gasteiger partial charge in [0.2, 0.25) is 0 Å². The topological polar surface area (TPSA) is 18.5 Å². The summed E-state index contributed by atoms with van der Waals surface area (Å²) in [5.41, 5.74) is -0.0554. The highest BCUT2D eigenvalue weighted by molar-refractivity contribution is 5.28. The second-order valence-electron chi connectivity index (χ2n) is 7.29. The lowest BCUT2D eigenvalue weighted by Crippen LogP contribution is -2.54. The monoisotopic (exact) mass is 250 g/mol. The van der Waals surface area contributed by atoms with Crippen LogP contribution in [0.25, 0.3) is 0 Å². The lowest BCUT2D eigenvalue weighted by molar-refractivity contribution is -0.213. The van der Waals surface area contributed by atoms with E-state index in [0.717, 1.165) is 12.8 Å². The molecule has 0 amide bonds. The van der Waals surface area contributed by atoms with Gasteiger partial charge in [0, 0.05) is 12.5 Å². The van der Waals surface area contributed by atoms with Gasteiger partial charge in [-0.1, -0.05) is 19.1 Å². The molecule has 1 saturated heterocycles. The standard InChI is InChI=1S/C16H26O2/c1-12-7-6-8-14(4)15(12)9-10-16(11-15,18-14)13(2,3)17-5/h6,8,12H,7,9-11H2,1-5H3/t12-,14+,15?,16?/m0/s1. The van der Waals surface area contributed by atoms with Crippen LogP contribution in [0.5, 0.6) is 0 Å². The summed E-state index contributed by atoms with van der Waals surface area (Å²) in [5.74, 6) is 0.713. The molecule has 1 spiro atoms. The second-order valence-corrected chi connectivity index (χ2v) is 7.29. The van der Waals surface area contributed by atoms with Gasteiger partial charge in [-0.25, -0.2) is 0 Å².